The topological polar surface area (TPSA) is 58.2 Å². The number of aromatic nitrogens is 2. The second-order valence-electron chi connectivity index (χ2n) is 7.33. The zero-order valence-electron chi connectivity index (χ0n) is 14.6. The molecular weight excluding hydrogens is 417 g/mol. The van der Waals surface area contributed by atoms with Crippen molar-refractivity contribution < 1.29 is 9.53 Å². The molecule has 6 heteroatoms. The van der Waals surface area contributed by atoms with Gasteiger partial charge < -0.3 is 9.72 Å². The Morgan fingerprint density at radius 2 is 2.17 bits per heavy atom. The van der Waals surface area contributed by atoms with Crippen molar-refractivity contribution in [2.45, 2.75) is 64.6 Å². The molecular formula is C18H24IN3O2. The maximum atomic E-state index is 12.7. The molecule has 1 fully saturated rings. The van der Waals surface area contributed by atoms with E-state index in [1.54, 1.807) is 0 Å². The van der Waals surface area contributed by atoms with Crippen molar-refractivity contribution in [3.05, 3.63) is 27.6 Å². The van der Waals surface area contributed by atoms with E-state index in [-0.39, 0.29) is 18.2 Å². The van der Waals surface area contributed by atoms with Crippen LogP contribution < -0.4 is 0 Å². The minimum Gasteiger partial charge on any atom is -0.444 e. The summed E-state index contributed by atoms with van der Waals surface area (Å²) < 4.78 is 6.81. The highest BCUT2D eigenvalue weighted by Gasteiger charge is 2.40. The number of imidazole rings is 1. The Balaban J connectivity index is 1.93. The van der Waals surface area contributed by atoms with Gasteiger partial charge in [-0.15, -0.1) is 0 Å². The molecule has 1 aliphatic rings. The van der Waals surface area contributed by atoms with Crippen molar-refractivity contribution in [3.63, 3.8) is 0 Å². The lowest BCUT2D eigenvalue weighted by molar-refractivity contribution is 0.0134. The van der Waals surface area contributed by atoms with E-state index in [4.69, 9.17) is 9.72 Å². The first kappa shape index (κ1) is 17.5. The van der Waals surface area contributed by atoms with Gasteiger partial charge in [-0.1, -0.05) is 6.92 Å². The summed E-state index contributed by atoms with van der Waals surface area (Å²) in [7, 11) is 0. The van der Waals surface area contributed by atoms with Crippen LogP contribution in [0.5, 0.6) is 0 Å². The minimum absolute atomic E-state index is 0.0464. The number of carbonyl (C=O) groups excluding carboxylic acids is 1. The van der Waals surface area contributed by atoms with Crippen LogP contribution in [0.4, 0.5) is 4.79 Å². The van der Waals surface area contributed by atoms with Gasteiger partial charge in [0.15, 0.2) is 0 Å². The molecule has 0 saturated carbocycles. The van der Waals surface area contributed by atoms with E-state index in [2.05, 4.69) is 40.6 Å². The van der Waals surface area contributed by atoms with E-state index in [1.807, 2.05) is 37.8 Å². The smallest absolute Gasteiger partial charge is 0.411 e. The Hall–Kier alpha value is -1.31. The predicted molar refractivity (Wildman–Crippen MR) is 103 cm³/mol. The number of carbonyl (C=O) groups is 1. The fourth-order valence-corrected chi connectivity index (χ4v) is 3.79. The highest BCUT2D eigenvalue weighted by Crippen LogP contribution is 2.38. The van der Waals surface area contributed by atoms with Gasteiger partial charge in [0.05, 0.1) is 17.1 Å². The van der Waals surface area contributed by atoms with Crippen LogP contribution in [0.1, 0.15) is 58.8 Å². The second-order valence-corrected chi connectivity index (χ2v) is 8.57. The molecule has 1 aromatic carbocycles. The average molecular weight is 441 g/mol. The molecule has 1 aromatic heterocycles. The number of nitrogens with one attached hydrogen (secondary N) is 1. The maximum Gasteiger partial charge on any atom is 0.411 e. The lowest BCUT2D eigenvalue weighted by atomic mass is 10.1. The molecule has 1 aliphatic heterocycles. The molecule has 0 aliphatic carbocycles. The molecule has 130 valence electrons. The van der Waals surface area contributed by atoms with Gasteiger partial charge in [-0.05, 0) is 80.8 Å². The van der Waals surface area contributed by atoms with Gasteiger partial charge in [-0.25, -0.2) is 9.78 Å². The molecule has 0 bridgehead atoms. The molecule has 1 amide bonds. The van der Waals surface area contributed by atoms with Crippen LogP contribution in [0.2, 0.25) is 0 Å². The summed E-state index contributed by atoms with van der Waals surface area (Å²) in [5.74, 6) is 0.855. The molecule has 1 unspecified atom stereocenters. The van der Waals surface area contributed by atoms with Crippen LogP contribution in [0.25, 0.3) is 11.0 Å². The van der Waals surface area contributed by atoms with E-state index in [0.717, 1.165) is 39.7 Å². The number of benzene rings is 1. The van der Waals surface area contributed by atoms with Gasteiger partial charge in [0.25, 0.3) is 0 Å². The Labute approximate surface area is 156 Å². The Morgan fingerprint density at radius 1 is 1.42 bits per heavy atom. The van der Waals surface area contributed by atoms with Crippen molar-refractivity contribution in [3.8, 4) is 0 Å². The number of likely N-dealkylation sites (tertiary alicyclic amines) is 1. The molecule has 1 N–H and O–H groups in total. The zero-order valence-corrected chi connectivity index (χ0v) is 16.8. The first-order valence-electron chi connectivity index (χ1n) is 8.45. The number of hydrogen-bond acceptors (Lipinski definition) is 3. The first-order valence-corrected chi connectivity index (χ1v) is 9.53. The number of fused-ring (bicyclic) bond motifs is 1. The van der Waals surface area contributed by atoms with Crippen LogP contribution in [0.15, 0.2) is 18.2 Å². The third kappa shape index (κ3) is 3.53. The number of ether oxygens (including phenoxy) is 1. The van der Waals surface area contributed by atoms with E-state index < -0.39 is 5.60 Å². The molecule has 2 heterocycles. The number of aromatic amines is 1. The second kappa shape index (κ2) is 6.54. The molecule has 0 radical (unpaired) electrons. The lowest BCUT2D eigenvalue weighted by Gasteiger charge is -2.31. The summed E-state index contributed by atoms with van der Waals surface area (Å²) in [6.45, 7) is 7.82. The highest BCUT2D eigenvalue weighted by molar-refractivity contribution is 14.1. The van der Waals surface area contributed by atoms with Gasteiger partial charge in [-0.2, -0.15) is 0 Å². The normalized spacial score (nSPS) is 21.5. The number of hydrogen-bond donors (Lipinski definition) is 1. The highest BCUT2D eigenvalue weighted by atomic mass is 127. The van der Waals surface area contributed by atoms with Crippen LogP contribution >= 0.6 is 22.6 Å². The predicted octanol–water partition coefficient (Wildman–Crippen LogP) is 5.02. The van der Waals surface area contributed by atoms with Crippen molar-refractivity contribution in [1.82, 2.24) is 14.9 Å². The summed E-state index contributed by atoms with van der Waals surface area (Å²) >= 11 is 2.29. The summed E-state index contributed by atoms with van der Waals surface area (Å²) in [6, 6.07) is 6.30. The van der Waals surface area contributed by atoms with E-state index in [0.29, 0.717) is 0 Å². The number of nitrogens with zero attached hydrogens (tertiary/aromatic N) is 2. The zero-order chi connectivity index (χ0) is 17.5. The molecule has 5 nitrogen and oxygen atoms in total. The molecule has 2 aromatic rings. The van der Waals surface area contributed by atoms with Crippen molar-refractivity contribution >= 4 is 39.7 Å². The van der Waals surface area contributed by atoms with E-state index >= 15 is 0 Å². The largest absolute Gasteiger partial charge is 0.444 e. The first-order chi connectivity index (χ1) is 11.3. The molecule has 0 spiro atoms. The van der Waals surface area contributed by atoms with Crippen LogP contribution in [0, 0.1) is 3.57 Å². The van der Waals surface area contributed by atoms with Gasteiger partial charge in [-0.3, -0.25) is 4.90 Å². The molecule has 24 heavy (non-hydrogen) atoms. The quantitative estimate of drug-likeness (QED) is 0.666. The van der Waals surface area contributed by atoms with Gasteiger partial charge in [0.1, 0.15) is 11.4 Å². The number of halogens is 1. The minimum atomic E-state index is -0.494. The Kier molecular flexibility index (Phi) is 4.77. The van der Waals surface area contributed by atoms with Crippen molar-refractivity contribution in [2.75, 3.05) is 0 Å². The standard InChI is InChI=1S/C18H24IN3O2/c1-5-12-7-9-15(22(12)17(23)24-18(2,3)4)16-20-13-8-6-11(19)10-14(13)21-16/h6,8,10,12,15H,5,7,9H2,1-4H3,(H,20,21)/t12?,15-/m0/s1. The molecule has 3 rings (SSSR count). The average Bonchev–Trinajstić information content (AvgIpc) is 3.07. The van der Waals surface area contributed by atoms with Crippen LogP contribution in [-0.4, -0.2) is 32.6 Å². The molecule has 1 saturated heterocycles. The monoisotopic (exact) mass is 441 g/mol. The van der Waals surface area contributed by atoms with Crippen LogP contribution in [0.3, 0.4) is 0 Å². The van der Waals surface area contributed by atoms with E-state index in [9.17, 15) is 4.79 Å². The number of amides is 1. The Morgan fingerprint density at radius 3 is 2.83 bits per heavy atom. The summed E-state index contributed by atoms with van der Waals surface area (Å²) in [6.07, 6.45) is 2.57. The lowest BCUT2D eigenvalue weighted by Crippen LogP contribution is -2.41. The van der Waals surface area contributed by atoms with Crippen LogP contribution in [-0.2, 0) is 4.74 Å². The fraction of sp³-hybridized carbons (Fsp3) is 0.556. The SMILES string of the molecule is CCC1CC[C@@H](c2nc3ccc(I)cc3[nH]2)N1C(=O)OC(C)(C)C. The number of rotatable bonds is 2. The van der Waals surface area contributed by atoms with E-state index in [1.165, 1.54) is 0 Å². The fourth-order valence-electron chi connectivity index (χ4n) is 3.30. The van der Waals surface area contributed by atoms with Gasteiger partial charge in [0, 0.05) is 9.61 Å². The summed E-state index contributed by atoms with van der Waals surface area (Å²) in [4.78, 5) is 22.8. The summed E-state index contributed by atoms with van der Waals surface area (Å²) in [5.41, 5.74) is 1.46. The molecule has 2 atom stereocenters. The maximum absolute atomic E-state index is 12.7. The summed E-state index contributed by atoms with van der Waals surface area (Å²) in [5, 5.41) is 0. The van der Waals surface area contributed by atoms with Crippen molar-refractivity contribution in [2.24, 2.45) is 0 Å². The number of H-pyrrole nitrogens is 1. The third-order valence-electron chi connectivity index (χ3n) is 4.36. The van der Waals surface area contributed by atoms with Gasteiger partial charge in [0.2, 0.25) is 0 Å². The third-order valence-corrected chi connectivity index (χ3v) is 5.03. The van der Waals surface area contributed by atoms with Crippen molar-refractivity contribution in [1.29, 1.82) is 0 Å². The Bertz CT molecular complexity index is 750. The van der Waals surface area contributed by atoms with Gasteiger partial charge >= 0.3 is 6.09 Å².